The minimum atomic E-state index is -4.51. The van der Waals surface area contributed by atoms with E-state index in [2.05, 4.69) is 0 Å². The summed E-state index contributed by atoms with van der Waals surface area (Å²) in [5.74, 6) is -0.470. The second-order valence-corrected chi connectivity index (χ2v) is 4.91. The number of alkyl halides is 4. The van der Waals surface area contributed by atoms with E-state index < -0.39 is 21.6 Å². The van der Waals surface area contributed by atoms with Crippen LogP contribution in [0.5, 0.6) is 0 Å². The van der Waals surface area contributed by atoms with Gasteiger partial charge >= 0.3 is 6.18 Å². The summed E-state index contributed by atoms with van der Waals surface area (Å²) in [5.41, 5.74) is -1.14. The maximum absolute atomic E-state index is 12.7. The Morgan fingerprint density at radius 3 is 2.53 bits per heavy atom. The Balaban J connectivity index is 2.43. The topological polar surface area (TPSA) is 29.5 Å². The fourth-order valence-corrected chi connectivity index (χ4v) is 1.89. The molecule has 0 bridgehead atoms. The van der Waals surface area contributed by atoms with Crippen LogP contribution < -0.4 is 5.06 Å². The van der Waals surface area contributed by atoms with Gasteiger partial charge in [-0.15, -0.1) is 0 Å². The van der Waals surface area contributed by atoms with Crippen molar-refractivity contribution in [3.05, 3.63) is 29.8 Å². The Morgan fingerprint density at radius 2 is 2.00 bits per heavy atom. The molecule has 0 radical (unpaired) electrons. The van der Waals surface area contributed by atoms with Gasteiger partial charge in [-0.1, -0.05) is 34.7 Å². The summed E-state index contributed by atoms with van der Waals surface area (Å²) in [6, 6.07) is 4.85. The van der Waals surface area contributed by atoms with E-state index in [0.29, 0.717) is 0 Å². The van der Waals surface area contributed by atoms with Crippen LogP contribution in [0.2, 0.25) is 0 Å². The van der Waals surface area contributed by atoms with Crippen molar-refractivity contribution in [1.29, 1.82) is 0 Å². The summed E-state index contributed by atoms with van der Waals surface area (Å²) < 4.78 is 37.7. The Kier molecular flexibility index (Phi) is 3.30. The van der Waals surface area contributed by atoms with Crippen LogP contribution in [0.4, 0.5) is 18.9 Å². The van der Waals surface area contributed by atoms with Gasteiger partial charge in [-0.25, -0.2) is 0 Å². The molecule has 1 heterocycles. The summed E-state index contributed by atoms with van der Waals surface area (Å²) in [5, 5.41) is 0.722. The summed E-state index contributed by atoms with van der Waals surface area (Å²) in [7, 11) is 0. The molecule has 1 aliphatic heterocycles. The van der Waals surface area contributed by atoms with Crippen molar-refractivity contribution in [1.82, 2.24) is 0 Å². The summed E-state index contributed by atoms with van der Waals surface area (Å²) >= 11 is 1.84. The number of hydrogen-bond acceptors (Lipinski definition) is 2. The summed E-state index contributed by atoms with van der Waals surface area (Å²) in [4.78, 5) is 16.6. The number of benzene rings is 1. The molecule has 0 aromatic heterocycles. The Hall–Kier alpha value is -0.830. The SMILES string of the molecule is O=C1C(I)CON1c1ccccc1C(F)(F)F. The third-order valence-electron chi connectivity index (χ3n) is 2.25. The number of rotatable bonds is 1. The average Bonchev–Trinajstić information content (AvgIpc) is 2.59. The van der Waals surface area contributed by atoms with Crippen LogP contribution in [0.25, 0.3) is 0 Å². The number of carbonyl (C=O) groups is 1. The molecule has 1 fully saturated rings. The molecule has 92 valence electrons. The maximum atomic E-state index is 12.7. The predicted molar refractivity (Wildman–Crippen MR) is 62.7 cm³/mol. The number of amides is 1. The van der Waals surface area contributed by atoms with Gasteiger partial charge in [-0.3, -0.25) is 9.63 Å². The van der Waals surface area contributed by atoms with Crippen molar-refractivity contribution < 1.29 is 22.8 Å². The van der Waals surface area contributed by atoms with Crippen LogP contribution >= 0.6 is 22.6 Å². The van der Waals surface area contributed by atoms with Crippen LogP contribution in [0.1, 0.15) is 5.56 Å². The molecule has 1 aromatic carbocycles. The standard InChI is InChI=1S/C10H7F3INO2/c11-10(12,13)6-3-1-2-4-8(6)15-9(16)7(14)5-17-15/h1-4,7H,5H2. The molecule has 0 N–H and O–H groups in total. The third kappa shape index (κ3) is 2.39. The van der Waals surface area contributed by atoms with Gasteiger partial charge in [0.15, 0.2) is 0 Å². The Morgan fingerprint density at radius 1 is 1.35 bits per heavy atom. The molecule has 2 rings (SSSR count). The van der Waals surface area contributed by atoms with Crippen molar-refractivity contribution in [3.8, 4) is 0 Å². The molecule has 1 unspecified atom stereocenters. The first-order valence-corrected chi connectivity index (χ1v) is 5.93. The van der Waals surface area contributed by atoms with E-state index >= 15 is 0 Å². The van der Waals surface area contributed by atoms with Gasteiger partial charge in [0, 0.05) is 0 Å². The zero-order chi connectivity index (χ0) is 12.6. The second-order valence-electron chi connectivity index (χ2n) is 3.41. The van der Waals surface area contributed by atoms with E-state index in [0.717, 1.165) is 11.1 Å². The molecular formula is C10H7F3INO2. The van der Waals surface area contributed by atoms with Crippen molar-refractivity contribution in [3.63, 3.8) is 0 Å². The second kappa shape index (κ2) is 4.45. The van der Waals surface area contributed by atoms with E-state index in [1.807, 2.05) is 22.6 Å². The lowest BCUT2D eigenvalue weighted by Gasteiger charge is -2.19. The van der Waals surface area contributed by atoms with Gasteiger partial charge in [0.05, 0.1) is 17.9 Å². The zero-order valence-corrected chi connectivity index (χ0v) is 10.5. The lowest BCUT2D eigenvalue weighted by Crippen LogP contribution is -2.28. The lowest BCUT2D eigenvalue weighted by molar-refractivity contribution is -0.137. The molecule has 0 spiro atoms. The first kappa shape index (κ1) is 12.6. The van der Waals surface area contributed by atoms with Crippen LogP contribution in [0, 0.1) is 0 Å². The number of halogens is 4. The number of hydroxylamine groups is 1. The van der Waals surface area contributed by atoms with Crippen LogP contribution in [0.3, 0.4) is 0 Å². The first-order valence-electron chi connectivity index (χ1n) is 4.68. The normalized spacial score (nSPS) is 21.1. The summed E-state index contributed by atoms with van der Waals surface area (Å²) in [6.07, 6.45) is -4.51. The first-order chi connectivity index (χ1) is 7.91. The van der Waals surface area contributed by atoms with Crippen molar-refractivity contribution in [2.45, 2.75) is 10.1 Å². The fourth-order valence-electron chi connectivity index (χ4n) is 1.48. The minimum absolute atomic E-state index is 0.0889. The molecular weight excluding hydrogens is 350 g/mol. The fraction of sp³-hybridized carbons (Fsp3) is 0.300. The lowest BCUT2D eigenvalue weighted by atomic mass is 10.1. The molecule has 0 aliphatic carbocycles. The van der Waals surface area contributed by atoms with E-state index in [-0.39, 0.29) is 12.3 Å². The highest BCUT2D eigenvalue weighted by atomic mass is 127. The highest BCUT2D eigenvalue weighted by Gasteiger charge is 2.39. The molecule has 1 atom stereocenters. The van der Waals surface area contributed by atoms with Crippen molar-refractivity contribution >= 4 is 34.2 Å². The number of anilines is 1. The molecule has 17 heavy (non-hydrogen) atoms. The van der Waals surface area contributed by atoms with Crippen LogP contribution in [-0.2, 0) is 15.8 Å². The predicted octanol–water partition coefficient (Wildman–Crippen LogP) is 2.79. The molecule has 3 nitrogen and oxygen atoms in total. The smallest absolute Gasteiger partial charge is 0.271 e. The van der Waals surface area contributed by atoms with Gasteiger partial charge < -0.3 is 0 Å². The Bertz CT molecular complexity index is 449. The third-order valence-corrected chi connectivity index (χ3v) is 3.14. The van der Waals surface area contributed by atoms with E-state index in [1.165, 1.54) is 18.2 Å². The molecule has 1 aliphatic rings. The van der Waals surface area contributed by atoms with Gasteiger partial charge in [-0.2, -0.15) is 18.2 Å². The zero-order valence-electron chi connectivity index (χ0n) is 8.37. The summed E-state index contributed by atoms with van der Waals surface area (Å²) in [6.45, 7) is 0.0889. The highest BCUT2D eigenvalue weighted by molar-refractivity contribution is 14.1. The Labute approximate surface area is 109 Å². The number of para-hydroxylation sites is 1. The number of carbonyl (C=O) groups excluding carboxylic acids is 1. The minimum Gasteiger partial charge on any atom is -0.271 e. The molecule has 1 saturated heterocycles. The van der Waals surface area contributed by atoms with Crippen molar-refractivity contribution in [2.75, 3.05) is 11.7 Å². The number of nitrogens with zero attached hydrogens (tertiary/aromatic N) is 1. The van der Waals surface area contributed by atoms with Crippen LogP contribution in [0.15, 0.2) is 24.3 Å². The molecule has 1 aromatic rings. The van der Waals surface area contributed by atoms with Gasteiger partial charge in [0.25, 0.3) is 5.91 Å². The number of hydrogen-bond donors (Lipinski definition) is 0. The van der Waals surface area contributed by atoms with Gasteiger partial charge in [0.1, 0.15) is 3.92 Å². The van der Waals surface area contributed by atoms with E-state index in [9.17, 15) is 18.0 Å². The highest BCUT2D eigenvalue weighted by Crippen LogP contribution is 2.38. The average molecular weight is 357 g/mol. The maximum Gasteiger partial charge on any atom is 0.418 e. The largest absolute Gasteiger partial charge is 0.418 e. The van der Waals surface area contributed by atoms with Crippen LogP contribution in [-0.4, -0.2) is 16.4 Å². The quantitative estimate of drug-likeness (QED) is 0.572. The van der Waals surface area contributed by atoms with E-state index in [4.69, 9.17) is 4.84 Å². The van der Waals surface area contributed by atoms with Gasteiger partial charge in [0.2, 0.25) is 0 Å². The molecule has 1 amide bonds. The van der Waals surface area contributed by atoms with Crippen molar-refractivity contribution in [2.24, 2.45) is 0 Å². The van der Waals surface area contributed by atoms with E-state index in [1.54, 1.807) is 0 Å². The molecule has 7 heteroatoms. The monoisotopic (exact) mass is 357 g/mol. The van der Waals surface area contributed by atoms with Gasteiger partial charge in [-0.05, 0) is 12.1 Å². The molecule has 0 saturated carbocycles.